The van der Waals surface area contributed by atoms with Gasteiger partial charge in [-0.3, -0.25) is 9.69 Å². The average molecular weight is 421 g/mol. The first-order valence-corrected chi connectivity index (χ1v) is 10.9. The number of carbonyl (C=O) groups is 1. The van der Waals surface area contributed by atoms with Gasteiger partial charge >= 0.3 is 0 Å². The lowest BCUT2D eigenvalue weighted by molar-refractivity contribution is -0.126. The van der Waals surface area contributed by atoms with Crippen molar-refractivity contribution in [3.8, 4) is 0 Å². The Balaban J connectivity index is 1.21. The number of piperidine rings is 1. The molecule has 1 N–H and O–H groups in total. The van der Waals surface area contributed by atoms with Gasteiger partial charge in [0.2, 0.25) is 5.91 Å². The van der Waals surface area contributed by atoms with E-state index >= 15 is 0 Å². The van der Waals surface area contributed by atoms with Gasteiger partial charge in [-0.2, -0.15) is 0 Å². The molecule has 4 rings (SSSR count). The van der Waals surface area contributed by atoms with Gasteiger partial charge in [0.05, 0.1) is 0 Å². The minimum atomic E-state index is -0.159. The maximum Gasteiger partial charge on any atom is 0.223 e. The van der Waals surface area contributed by atoms with Crippen LogP contribution in [0.3, 0.4) is 0 Å². The molecule has 0 radical (unpaired) electrons. The number of benzene rings is 2. The number of aryl methyl sites for hydroxylation is 1. The molecule has 1 saturated heterocycles. The molecule has 2 aromatic carbocycles. The predicted octanol–water partition coefficient (Wildman–Crippen LogP) is 3.91. The number of amides is 1. The van der Waals surface area contributed by atoms with Gasteiger partial charge in [-0.15, -0.1) is 0 Å². The van der Waals surface area contributed by atoms with Crippen LogP contribution in [0, 0.1) is 18.7 Å². The van der Waals surface area contributed by atoms with Crippen LogP contribution in [-0.2, 0) is 24.4 Å². The fourth-order valence-electron chi connectivity index (χ4n) is 4.08. The smallest absolute Gasteiger partial charge is 0.223 e. The first kappa shape index (κ1) is 21.2. The third kappa shape index (κ3) is 5.58. The van der Waals surface area contributed by atoms with Gasteiger partial charge in [0.1, 0.15) is 11.6 Å². The number of nitrogens with one attached hydrogen (secondary N) is 1. The predicted molar refractivity (Wildman–Crippen MR) is 119 cm³/mol. The molecule has 0 atom stereocenters. The van der Waals surface area contributed by atoms with Crippen molar-refractivity contribution in [3.05, 3.63) is 89.3 Å². The molecule has 3 aromatic rings. The zero-order chi connectivity index (χ0) is 21.6. The van der Waals surface area contributed by atoms with Gasteiger partial charge in [-0.25, -0.2) is 9.37 Å². The molecule has 1 aliphatic rings. The number of likely N-dealkylation sites (tertiary alicyclic amines) is 1. The topological polar surface area (TPSA) is 50.2 Å². The van der Waals surface area contributed by atoms with E-state index in [2.05, 4.69) is 44.0 Å². The highest BCUT2D eigenvalue weighted by Crippen LogP contribution is 2.20. The van der Waals surface area contributed by atoms with Crippen molar-refractivity contribution >= 4 is 5.91 Å². The Bertz CT molecular complexity index is 1010. The summed E-state index contributed by atoms with van der Waals surface area (Å²) >= 11 is 0. The molecular weight excluding hydrogens is 391 g/mol. The molecule has 6 heteroatoms. The number of hydrogen-bond donors (Lipinski definition) is 1. The van der Waals surface area contributed by atoms with Crippen molar-refractivity contribution in [1.82, 2.24) is 19.8 Å². The zero-order valence-electron chi connectivity index (χ0n) is 17.9. The second-order valence-electron chi connectivity index (χ2n) is 8.28. The highest BCUT2D eigenvalue weighted by molar-refractivity contribution is 5.78. The Hall–Kier alpha value is -2.99. The van der Waals surface area contributed by atoms with Crippen molar-refractivity contribution < 1.29 is 9.18 Å². The van der Waals surface area contributed by atoms with Gasteiger partial charge in [0.15, 0.2) is 0 Å². The number of hydrogen-bond acceptors (Lipinski definition) is 3. The maximum absolute atomic E-state index is 13.9. The second-order valence-corrected chi connectivity index (χ2v) is 8.28. The van der Waals surface area contributed by atoms with Gasteiger partial charge in [0, 0.05) is 43.5 Å². The third-order valence-corrected chi connectivity index (χ3v) is 6.08. The molecule has 0 bridgehead atoms. The fraction of sp³-hybridized carbons (Fsp3) is 0.360. The van der Waals surface area contributed by atoms with E-state index < -0.39 is 0 Å². The van der Waals surface area contributed by atoms with Crippen LogP contribution in [0.5, 0.6) is 0 Å². The summed E-state index contributed by atoms with van der Waals surface area (Å²) in [6.07, 6.45) is 5.40. The summed E-state index contributed by atoms with van der Waals surface area (Å²) in [4.78, 5) is 19.1. The number of nitrogens with zero attached hydrogens (tertiary/aromatic N) is 3. The Labute approximate surface area is 182 Å². The normalized spacial score (nSPS) is 15.2. The zero-order valence-corrected chi connectivity index (χ0v) is 17.9. The van der Waals surface area contributed by atoms with Gasteiger partial charge in [0.25, 0.3) is 0 Å². The van der Waals surface area contributed by atoms with Crippen LogP contribution in [0.15, 0.2) is 60.9 Å². The summed E-state index contributed by atoms with van der Waals surface area (Å²) in [5.74, 6) is 0.980. The van der Waals surface area contributed by atoms with Crippen LogP contribution in [-0.4, -0.2) is 33.4 Å². The summed E-state index contributed by atoms with van der Waals surface area (Å²) in [6, 6.07) is 15.2. The molecule has 0 unspecified atom stereocenters. The fourth-order valence-corrected chi connectivity index (χ4v) is 4.08. The largest absolute Gasteiger partial charge is 0.352 e. The molecule has 162 valence electrons. The average Bonchev–Trinajstić information content (AvgIpc) is 3.19. The number of halogens is 1. The van der Waals surface area contributed by atoms with Crippen molar-refractivity contribution in [2.24, 2.45) is 5.92 Å². The molecule has 31 heavy (non-hydrogen) atoms. The maximum atomic E-state index is 13.9. The van der Waals surface area contributed by atoms with Crippen LogP contribution in [0.1, 0.15) is 35.4 Å². The van der Waals surface area contributed by atoms with Crippen molar-refractivity contribution in [2.75, 3.05) is 13.1 Å². The summed E-state index contributed by atoms with van der Waals surface area (Å²) in [7, 11) is 0. The lowest BCUT2D eigenvalue weighted by Gasteiger charge is -2.31. The number of rotatable bonds is 7. The van der Waals surface area contributed by atoms with Crippen LogP contribution < -0.4 is 5.32 Å². The highest BCUT2D eigenvalue weighted by atomic mass is 19.1. The minimum Gasteiger partial charge on any atom is -0.352 e. The molecule has 1 fully saturated rings. The number of aromatic nitrogens is 2. The lowest BCUT2D eigenvalue weighted by Crippen LogP contribution is -2.40. The van der Waals surface area contributed by atoms with E-state index in [-0.39, 0.29) is 17.6 Å². The summed E-state index contributed by atoms with van der Waals surface area (Å²) < 4.78 is 16.0. The summed E-state index contributed by atoms with van der Waals surface area (Å²) in [5.41, 5.74) is 3.02. The Morgan fingerprint density at radius 2 is 1.77 bits per heavy atom. The Morgan fingerprint density at radius 3 is 2.45 bits per heavy atom. The van der Waals surface area contributed by atoms with Crippen molar-refractivity contribution in [3.63, 3.8) is 0 Å². The Morgan fingerprint density at radius 1 is 1.06 bits per heavy atom. The molecule has 1 aliphatic heterocycles. The highest BCUT2D eigenvalue weighted by Gasteiger charge is 2.25. The molecular formula is C25H29FN4O. The van der Waals surface area contributed by atoms with Gasteiger partial charge in [-0.05, 0) is 50.0 Å². The second kappa shape index (κ2) is 9.88. The van der Waals surface area contributed by atoms with E-state index in [1.54, 1.807) is 6.07 Å². The van der Waals surface area contributed by atoms with E-state index in [0.717, 1.165) is 49.4 Å². The molecule has 1 amide bonds. The van der Waals surface area contributed by atoms with E-state index in [1.165, 1.54) is 11.6 Å². The summed E-state index contributed by atoms with van der Waals surface area (Å²) in [6.45, 7) is 5.56. The van der Waals surface area contributed by atoms with Crippen LogP contribution in [0.2, 0.25) is 0 Å². The van der Waals surface area contributed by atoms with Crippen molar-refractivity contribution in [2.45, 2.75) is 39.4 Å². The van der Waals surface area contributed by atoms with E-state index in [9.17, 15) is 9.18 Å². The van der Waals surface area contributed by atoms with Gasteiger partial charge in [-0.1, -0.05) is 42.5 Å². The minimum absolute atomic E-state index is 0.0281. The van der Waals surface area contributed by atoms with E-state index in [1.807, 2.05) is 31.5 Å². The molecule has 0 saturated carbocycles. The lowest BCUT2D eigenvalue weighted by atomic mass is 9.95. The number of carbonyl (C=O) groups excluding carboxylic acids is 1. The molecule has 0 spiro atoms. The number of imidazole rings is 1. The van der Waals surface area contributed by atoms with Crippen molar-refractivity contribution in [1.29, 1.82) is 0 Å². The molecule has 5 nitrogen and oxygen atoms in total. The van der Waals surface area contributed by atoms with Crippen LogP contribution in [0.25, 0.3) is 0 Å². The first-order chi connectivity index (χ1) is 15.1. The molecule has 1 aromatic heterocycles. The van der Waals surface area contributed by atoms with Gasteiger partial charge < -0.3 is 9.88 Å². The molecule has 0 aliphatic carbocycles. The van der Waals surface area contributed by atoms with E-state index in [0.29, 0.717) is 13.1 Å². The van der Waals surface area contributed by atoms with Crippen LogP contribution >= 0.6 is 0 Å². The van der Waals surface area contributed by atoms with E-state index in [4.69, 9.17) is 0 Å². The molecule has 2 heterocycles. The SMILES string of the molecule is Cc1nccn1Cc1ccc(CNC(=O)C2CCN(Cc3ccccc3F)CC2)cc1. The van der Waals surface area contributed by atoms with Crippen LogP contribution in [0.4, 0.5) is 4.39 Å². The summed E-state index contributed by atoms with van der Waals surface area (Å²) in [5, 5.41) is 3.08. The third-order valence-electron chi connectivity index (χ3n) is 6.08. The standard InChI is InChI=1S/C25H29FN4O/c1-19-27-12-15-30(19)17-21-8-6-20(7-9-21)16-28-25(31)22-10-13-29(14-11-22)18-23-4-2-3-5-24(23)26/h2-9,12,15,22H,10-11,13-14,16-18H2,1H3,(H,28,31). The quantitative estimate of drug-likeness (QED) is 0.631. The Kier molecular flexibility index (Phi) is 6.77. The monoisotopic (exact) mass is 420 g/mol. The first-order valence-electron chi connectivity index (χ1n) is 10.9.